The van der Waals surface area contributed by atoms with Crippen LogP contribution in [0.2, 0.25) is 10.0 Å². The van der Waals surface area contributed by atoms with E-state index >= 15 is 0 Å². The van der Waals surface area contributed by atoms with Gasteiger partial charge in [-0.25, -0.2) is 0 Å². The zero-order chi connectivity index (χ0) is 12.4. The van der Waals surface area contributed by atoms with Crippen molar-refractivity contribution in [1.29, 1.82) is 0 Å². The predicted molar refractivity (Wildman–Crippen MR) is 70.6 cm³/mol. The molecule has 17 heavy (non-hydrogen) atoms. The maximum atomic E-state index is 6.20. The standard InChI is InChI=1S/C13H13Cl2NO/c1-2-12-10(5-6-17-12)13(16)9-4-3-8(14)7-11(9)15/h3-7,13H,2,16H2,1H3. The van der Waals surface area contributed by atoms with Gasteiger partial charge in [0.05, 0.1) is 12.3 Å². The molecule has 1 aromatic carbocycles. The van der Waals surface area contributed by atoms with Gasteiger partial charge in [0.1, 0.15) is 5.76 Å². The number of rotatable bonds is 3. The topological polar surface area (TPSA) is 39.2 Å². The summed E-state index contributed by atoms with van der Waals surface area (Å²) in [6.45, 7) is 2.03. The van der Waals surface area contributed by atoms with E-state index in [0.717, 1.165) is 23.3 Å². The third-order valence-corrected chi connectivity index (χ3v) is 3.30. The molecule has 0 bridgehead atoms. The average Bonchev–Trinajstić information content (AvgIpc) is 2.76. The van der Waals surface area contributed by atoms with E-state index in [9.17, 15) is 0 Å². The molecule has 0 spiro atoms. The first kappa shape index (κ1) is 12.5. The van der Waals surface area contributed by atoms with E-state index < -0.39 is 0 Å². The van der Waals surface area contributed by atoms with E-state index in [0.29, 0.717) is 10.0 Å². The van der Waals surface area contributed by atoms with Gasteiger partial charge < -0.3 is 10.2 Å². The molecule has 1 unspecified atom stereocenters. The molecule has 0 aliphatic heterocycles. The van der Waals surface area contributed by atoms with Crippen LogP contribution in [0.3, 0.4) is 0 Å². The summed E-state index contributed by atoms with van der Waals surface area (Å²) in [5.41, 5.74) is 8.02. The van der Waals surface area contributed by atoms with Crippen molar-refractivity contribution in [3.63, 3.8) is 0 Å². The van der Waals surface area contributed by atoms with Crippen molar-refractivity contribution < 1.29 is 4.42 Å². The summed E-state index contributed by atoms with van der Waals surface area (Å²) < 4.78 is 5.37. The summed E-state index contributed by atoms with van der Waals surface area (Å²) >= 11 is 12.0. The molecular formula is C13H13Cl2NO. The fraction of sp³-hybridized carbons (Fsp3) is 0.231. The van der Waals surface area contributed by atoms with Gasteiger partial charge in [-0.1, -0.05) is 36.2 Å². The van der Waals surface area contributed by atoms with Crippen molar-refractivity contribution in [3.8, 4) is 0 Å². The fourth-order valence-electron chi connectivity index (χ4n) is 1.84. The van der Waals surface area contributed by atoms with Crippen LogP contribution in [0.5, 0.6) is 0 Å². The van der Waals surface area contributed by atoms with Crippen LogP contribution in [0.15, 0.2) is 34.9 Å². The lowest BCUT2D eigenvalue weighted by Gasteiger charge is -2.13. The van der Waals surface area contributed by atoms with Crippen LogP contribution < -0.4 is 5.73 Å². The Morgan fingerprint density at radius 1 is 1.24 bits per heavy atom. The zero-order valence-electron chi connectivity index (χ0n) is 9.41. The van der Waals surface area contributed by atoms with Crippen molar-refractivity contribution >= 4 is 23.2 Å². The van der Waals surface area contributed by atoms with Crippen molar-refractivity contribution in [2.75, 3.05) is 0 Å². The molecule has 0 saturated carbocycles. The highest BCUT2D eigenvalue weighted by Crippen LogP contribution is 2.30. The van der Waals surface area contributed by atoms with Gasteiger partial charge in [0, 0.05) is 22.0 Å². The van der Waals surface area contributed by atoms with Gasteiger partial charge in [-0.3, -0.25) is 0 Å². The minimum atomic E-state index is -0.284. The predicted octanol–water partition coefficient (Wildman–Crippen LogP) is 4.20. The van der Waals surface area contributed by atoms with Gasteiger partial charge >= 0.3 is 0 Å². The summed E-state index contributed by atoms with van der Waals surface area (Å²) in [6.07, 6.45) is 2.46. The van der Waals surface area contributed by atoms with Crippen molar-refractivity contribution in [2.24, 2.45) is 5.73 Å². The first-order valence-electron chi connectivity index (χ1n) is 5.40. The monoisotopic (exact) mass is 269 g/mol. The zero-order valence-corrected chi connectivity index (χ0v) is 10.9. The van der Waals surface area contributed by atoms with Crippen molar-refractivity contribution in [3.05, 3.63) is 57.5 Å². The molecule has 2 rings (SSSR count). The maximum Gasteiger partial charge on any atom is 0.108 e. The third-order valence-electron chi connectivity index (χ3n) is 2.73. The summed E-state index contributed by atoms with van der Waals surface area (Å²) in [5.74, 6) is 0.892. The molecular weight excluding hydrogens is 257 g/mol. The molecule has 90 valence electrons. The van der Waals surface area contributed by atoms with Crippen molar-refractivity contribution in [1.82, 2.24) is 0 Å². The number of hydrogen-bond acceptors (Lipinski definition) is 2. The number of hydrogen-bond donors (Lipinski definition) is 1. The number of aryl methyl sites for hydroxylation is 1. The van der Waals surface area contributed by atoms with E-state index in [1.807, 2.05) is 19.1 Å². The van der Waals surface area contributed by atoms with Crippen LogP contribution in [-0.4, -0.2) is 0 Å². The van der Waals surface area contributed by atoms with Gasteiger partial charge in [-0.2, -0.15) is 0 Å². The normalized spacial score (nSPS) is 12.7. The van der Waals surface area contributed by atoms with Gasteiger partial charge in [-0.05, 0) is 23.8 Å². The van der Waals surface area contributed by atoms with E-state index in [1.165, 1.54) is 0 Å². The molecule has 1 atom stereocenters. The fourth-order valence-corrected chi connectivity index (χ4v) is 2.36. The molecule has 2 N–H and O–H groups in total. The summed E-state index contributed by atoms with van der Waals surface area (Å²) in [5, 5.41) is 1.18. The van der Waals surface area contributed by atoms with Crippen LogP contribution in [0.25, 0.3) is 0 Å². The lowest BCUT2D eigenvalue weighted by molar-refractivity contribution is 0.509. The molecule has 0 radical (unpaired) electrons. The second kappa shape index (κ2) is 5.13. The SMILES string of the molecule is CCc1occc1C(N)c1ccc(Cl)cc1Cl. The molecule has 0 amide bonds. The van der Waals surface area contributed by atoms with Gasteiger partial charge in [0.25, 0.3) is 0 Å². The van der Waals surface area contributed by atoms with Gasteiger partial charge in [-0.15, -0.1) is 0 Å². The summed E-state index contributed by atoms with van der Waals surface area (Å²) in [6, 6.07) is 6.93. The number of halogens is 2. The smallest absolute Gasteiger partial charge is 0.108 e. The minimum Gasteiger partial charge on any atom is -0.469 e. The van der Waals surface area contributed by atoms with Crippen LogP contribution in [0.1, 0.15) is 29.9 Å². The molecule has 4 heteroatoms. The number of furan rings is 1. The molecule has 2 nitrogen and oxygen atoms in total. The Morgan fingerprint density at radius 2 is 2.00 bits per heavy atom. The largest absolute Gasteiger partial charge is 0.469 e. The Kier molecular flexibility index (Phi) is 3.77. The van der Waals surface area contributed by atoms with E-state index in [4.69, 9.17) is 33.4 Å². The molecule has 1 heterocycles. The first-order chi connectivity index (χ1) is 8.13. The quantitative estimate of drug-likeness (QED) is 0.907. The Hall–Kier alpha value is -0.960. The van der Waals surface area contributed by atoms with Crippen molar-refractivity contribution in [2.45, 2.75) is 19.4 Å². The number of nitrogens with two attached hydrogens (primary N) is 1. The summed E-state index contributed by atoms with van der Waals surface area (Å²) in [4.78, 5) is 0. The van der Waals surface area contributed by atoms with Gasteiger partial charge in [0.15, 0.2) is 0 Å². The van der Waals surface area contributed by atoms with E-state index in [-0.39, 0.29) is 6.04 Å². The second-order valence-corrected chi connectivity index (χ2v) is 4.64. The average molecular weight is 270 g/mol. The minimum absolute atomic E-state index is 0.284. The molecule has 0 fully saturated rings. The Balaban J connectivity index is 2.40. The Bertz CT molecular complexity index is 522. The third kappa shape index (κ3) is 2.49. The van der Waals surface area contributed by atoms with Crippen LogP contribution in [-0.2, 0) is 6.42 Å². The van der Waals surface area contributed by atoms with Gasteiger partial charge in [0.2, 0.25) is 0 Å². The van der Waals surface area contributed by atoms with Crippen LogP contribution in [0, 0.1) is 0 Å². The highest BCUT2D eigenvalue weighted by atomic mass is 35.5. The first-order valence-corrected chi connectivity index (χ1v) is 6.16. The van der Waals surface area contributed by atoms with E-state index in [1.54, 1.807) is 18.4 Å². The molecule has 0 saturated heterocycles. The highest BCUT2D eigenvalue weighted by molar-refractivity contribution is 6.35. The molecule has 1 aromatic heterocycles. The molecule has 2 aromatic rings. The Labute approximate surface area is 110 Å². The van der Waals surface area contributed by atoms with Crippen LogP contribution in [0.4, 0.5) is 0 Å². The lowest BCUT2D eigenvalue weighted by Crippen LogP contribution is -2.13. The highest BCUT2D eigenvalue weighted by Gasteiger charge is 2.17. The number of benzene rings is 1. The van der Waals surface area contributed by atoms with Crippen LogP contribution >= 0.6 is 23.2 Å². The summed E-state index contributed by atoms with van der Waals surface area (Å²) in [7, 11) is 0. The lowest BCUT2D eigenvalue weighted by atomic mass is 9.99. The Morgan fingerprint density at radius 3 is 2.65 bits per heavy atom. The van der Waals surface area contributed by atoms with E-state index in [2.05, 4.69) is 0 Å². The molecule has 0 aliphatic rings. The maximum absolute atomic E-state index is 6.20. The molecule has 0 aliphatic carbocycles. The second-order valence-electron chi connectivity index (χ2n) is 3.80.